The van der Waals surface area contributed by atoms with Crippen LogP contribution in [0.1, 0.15) is 48.2 Å². The Hall–Kier alpha value is -5.48. The molecule has 0 saturated heterocycles. The van der Waals surface area contributed by atoms with Crippen LogP contribution in [0.25, 0.3) is 66.7 Å². The topological polar surface area (TPSA) is 35.6 Å². The smallest absolute Gasteiger partial charge is 0.235 e. The molecule has 4 nitrogen and oxygen atoms in total. The fourth-order valence-electron chi connectivity index (χ4n) is 8.53. The van der Waals surface area contributed by atoms with Crippen molar-refractivity contribution < 1.29 is 0 Å². The van der Waals surface area contributed by atoms with Crippen molar-refractivity contribution in [2.75, 3.05) is 0 Å². The molecule has 0 bridgehead atoms. The van der Waals surface area contributed by atoms with Crippen LogP contribution in [-0.2, 0) is 25.7 Å². The molecular weight excluding hydrogens is 585 g/mol. The van der Waals surface area contributed by atoms with Gasteiger partial charge in [-0.25, -0.2) is 9.97 Å². The molecule has 0 fully saturated rings. The van der Waals surface area contributed by atoms with Crippen LogP contribution in [0.3, 0.4) is 0 Å². The number of hydrogen-bond acceptors (Lipinski definition) is 2. The number of nitrogens with zero attached hydrogens (tertiary/aromatic N) is 4. The maximum Gasteiger partial charge on any atom is 0.235 e. The molecule has 2 aliphatic rings. The van der Waals surface area contributed by atoms with Crippen molar-refractivity contribution in [3.63, 3.8) is 0 Å². The Kier molecular flexibility index (Phi) is 6.36. The Morgan fingerprint density at radius 1 is 0.438 bits per heavy atom. The number of aromatic nitrogens is 4. The highest BCUT2D eigenvalue weighted by atomic mass is 15.2. The van der Waals surface area contributed by atoms with E-state index in [1.165, 1.54) is 86.8 Å². The van der Waals surface area contributed by atoms with Gasteiger partial charge in [-0.05, 0) is 116 Å². The van der Waals surface area contributed by atoms with Gasteiger partial charge in [-0.1, -0.05) is 78.9 Å². The third kappa shape index (κ3) is 4.29. The lowest BCUT2D eigenvalue weighted by molar-refractivity contribution is 0.662. The summed E-state index contributed by atoms with van der Waals surface area (Å²) in [4.78, 5) is 10.5. The molecule has 0 unspecified atom stereocenters. The van der Waals surface area contributed by atoms with Crippen LogP contribution >= 0.6 is 0 Å². The van der Waals surface area contributed by atoms with E-state index in [4.69, 9.17) is 9.97 Å². The SMILES string of the molecule is c1ccc(-c2nc(-n3c4c(c5cc(-c6ccc7c(c6)c6c(n7-c7ccccc7)CCCC6)ccc53)CCCC4)nc3ccccc23)cc1. The standard InChI is InChI=1S/C44H36N4/c1-3-13-29(14-4-1)43-35-19-7-10-20-38(35)45-44(46-43)48-40-22-12-9-18-34(40)37-28-31(24-26-42(37)48)30-23-25-41-36(27-30)33-17-8-11-21-39(33)47(41)32-15-5-2-6-16-32/h1-7,10,13-16,19-20,23-28H,8-9,11-12,17-18,21-22H2. The molecule has 4 heteroatoms. The summed E-state index contributed by atoms with van der Waals surface area (Å²) < 4.78 is 4.88. The van der Waals surface area contributed by atoms with E-state index < -0.39 is 0 Å². The molecule has 3 aromatic heterocycles. The second-order valence-electron chi connectivity index (χ2n) is 13.5. The van der Waals surface area contributed by atoms with Crippen LogP contribution in [0, 0.1) is 0 Å². The summed E-state index contributed by atoms with van der Waals surface area (Å²) in [5.41, 5.74) is 15.3. The van der Waals surface area contributed by atoms with E-state index in [9.17, 15) is 0 Å². The first-order valence-electron chi connectivity index (χ1n) is 17.5. The zero-order valence-electron chi connectivity index (χ0n) is 27.0. The van der Waals surface area contributed by atoms with Crippen molar-refractivity contribution in [2.24, 2.45) is 0 Å². The van der Waals surface area contributed by atoms with Gasteiger partial charge in [0.05, 0.1) is 22.2 Å². The van der Waals surface area contributed by atoms with Crippen LogP contribution in [0.15, 0.2) is 121 Å². The third-order valence-corrected chi connectivity index (χ3v) is 10.7. The van der Waals surface area contributed by atoms with Crippen LogP contribution in [0.4, 0.5) is 0 Å². The highest BCUT2D eigenvalue weighted by molar-refractivity contribution is 5.96. The molecule has 0 N–H and O–H groups in total. The number of fused-ring (bicyclic) bond motifs is 7. The molecule has 5 aromatic carbocycles. The first kappa shape index (κ1) is 27.6. The monoisotopic (exact) mass is 620 g/mol. The van der Waals surface area contributed by atoms with E-state index in [1.54, 1.807) is 0 Å². The van der Waals surface area contributed by atoms with Crippen LogP contribution in [0.5, 0.6) is 0 Å². The molecule has 8 aromatic rings. The maximum atomic E-state index is 5.30. The number of benzene rings is 5. The predicted molar refractivity (Wildman–Crippen MR) is 197 cm³/mol. The Morgan fingerprint density at radius 3 is 1.69 bits per heavy atom. The van der Waals surface area contributed by atoms with Crippen molar-refractivity contribution in [1.29, 1.82) is 0 Å². The van der Waals surface area contributed by atoms with Gasteiger partial charge in [-0.2, -0.15) is 0 Å². The van der Waals surface area contributed by atoms with Gasteiger partial charge in [-0.3, -0.25) is 4.57 Å². The molecule has 0 amide bonds. The van der Waals surface area contributed by atoms with Crippen molar-refractivity contribution in [3.8, 4) is 34.0 Å². The second kappa shape index (κ2) is 11.1. The largest absolute Gasteiger partial charge is 0.313 e. The molecule has 0 aliphatic heterocycles. The van der Waals surface area contributed by atoms with E-state index in [2.05, 4.69) is 130 Å². The van der Waals surface area contributed by atoms with Gasteiger partial charge in [0, 0.05) is 38.8 Å². The first-order chi connectivity index (χ1) is 23.8. The van der Waals surface area contributed by atoms with Crippen molar-refractivity contribution in [2.45, 2.75) is 51.4 Å². The van der Waals surface area contributed by atoms with E-state index in [-0.39, 0.29) is 0 Å². The number of aryl methyl sites for hydroxylation is 2. The number of hydrogen-bond donors (Lipinski definition) is 0. The van der Waals surface area contributed by atoms with E-state index in [0.717, 1.165) is 53.8 Å². The third-order valence-electron chi connectivity index (χ3n) is 10.7. The van der Waals surface area contributed by atoms with Crippen molar-refractivity contribution >= 4 is 32.7 Å². The lowest BCUT2D eigenvalue weighted by Gasteiger charge is -2.16. The first-order valence-corrected chi connectivity index (χ1v) is 17.5. The van der Waals surface area contributed by atoms with Crippen LogP contribution in [0.2, 0.25) is 0 Å². The predicted octanol–water partition coefficient (Wildman–Crippen LogP) is 10.6. The number of rotatable bonds is 4. The minimum atomic E-state index is 0.767. The van der Waals surface area contributed by atoms with Gasteiger partial charge >= 0.3 is 0 Å². The Bertz CT molecular complexity index is 2500. The van der Waals surface area contributed by atoms with Gasteiger partial charge < -0.3 is 4.57 Å². The molecule has 2 aliphatic carbocycles. The molecule has 0 saturated carbocycles. The summed E-state index contributed by atoms with van der Waals surface area (Å²) in [6.07, 6.45) is 9.36. The van der Waals surface area contributed by atoms with Crippen molar-refractivity contribution in [1.82, 2.24) is 19.1 Å². The molecule has 3 heterocycles. The van der Waals surface area contributed by atoms with E-state index >= 15 is 0 Å². The molecule has 0 atom stereocenters. The molecule has 0 spiro atoms. The summed E-state index contributed by atoms with van der Waals surface area (Å²) in [7, 11) is 0. The minimum Gasteiger partial charge on any atom is -0.313 e. The maximum absolute atomic E-state index is 5.30. The van der Waals surface area contributed by atoms with E-state index in [0.29, 0.717) is 0 Å². The van der Waals surface area contributed by atoms with Gasteiger partial charge in [0.15, 0.2) is 0 Å². The van der Waals surface area contributed by atoms with E-state index in [1.807, 2.05) is 0 Å². The second-order valence-corrected chi connectivity index (χ2v) is 13.5. The fourth-order valence-corrected chi connectivity index (χ4v) is 8.53. The zero-order valence-corrected chi connectivity index (χ0v) is 27.0. The number of para-hydroxylation sites is 2. The average molecular weight is 621 g/mol. The lowest BCUT2D eigenvalue weighted by Crippen LogP contribution is -2.10. The van der Waals surface area contributed by atoms with Gasteiger partial charge in [-0.15, -0.1) is 0 Å². The Morgan fingerprint density at radius 2 is 1.00 bits per heavy atom. The normalized spacial score (nSPS) is 14.4. The molecule has 48 heavy (non-hydrogen) atoms. The fraction of sp³-hybridized carbons (Fsp3) is 0.182. The lowest BCUT2D eigenvalue weighted by atomic mass is 9.93. The summed E-state index contributed by atoms with van der Waals surface area (Å²) in [5, 5.41) is 3.83. The van der Waals surface area contributed by atoms with Gasteiger partial charge in [0.25, 0.3) is 0 Å². The molecule has 10 rings (SSSR count). The highest BCUT2D eigenvalue weighted by Crippen LogP contribution is 2.40. The molecule has 232 valence electrons. The van der Waals surface area contributed by atoms with Crippen LogP contribution < -0.4 is 0 Å². The zero-order chi connectivity index (χ0) is 31.6. The van der Waals surface area contributed by atoms with Crippen LogP contribution in [-0.4, -0.2) is 19.1 Å². The highest BCUT2D eigenvalue weighted by Gasteiger charge is 2.25. The molecule has 0 radical (unpaired) electrons. The summed E-state index contributed by atoms with van der Waals surface area (Å²) in [5.74, 6) is 0.767. The Balaban J connectivity index is 1.15. The molecular formula is C44H36N4. The summed E-state index contributed by atoms with van der Waals surface area (Å²) in [6, 6.07) is 44.1. The van der Waals surface area contributed by atoms with Gasteiger partial charge in [0.1, 0.15) is 0 Å². The van der Waals surface area contributed by atoms with Gasteiger partial charge in [0.2, 0.25) is 5.95 Å². The average Bonchev–Trinajstić information content (AvgIpc) is 3.67. The quantitative estimate of drug-likeness (QED) is 0.196. The van der Waals surface area contributed by atoms with Crippen molar-refractivity contribution in [3.05, 3.63) is 144 Å². The summed E-state index contributed by atoms with van der Waals surface area (Å²) >= 11 is 0. The Labute approximate surface area is 280 Å². The summed E-state index contributed by atoms with van der Waals surface area (Å²) in [6.45, 7) is 0. The minimum absolute atomic E-state index is 0.767.